The van der Waals surface area contributed by atoms with Crippen molar-refractivity contribution in [3.8, 4) is 0 Å². The van der Waals surface area contributed by atoms with Gasteiger partial charge in [0.15, 0.2) is 0 Å². The largest absolute Gasteiger partial charge is 0.481 e. The first-order chi connectivity index (χ1) is 9.38. The molecule has 1 aliphatic heterocycles. The molecular formula is C13H24N2O4S. The lowest BCUT2D eigenvalue weighted by molar-refractivity contribution is -0.137. The van der Waals surface area contributed by atoms with Crippen LogP contribution in [0.15, 0.2) is 0 Å². The zero-order chi connectivity index (χ0) is 15.1. The number of hydrogen-bond donors (Lipinski definition) is 2. The monoisotopic (exact) mass is 304 g/mol. The molecule has 3 unspecified atom stereocenters. The number of carbonyl (C=O) groups excluding carboxylic acids is 1. The zero-order valence-electron chi connectivity index (χ0n) is 12.1. The van der Waals surface area contributed by atoms with Gasteiger partial charge in [0.1, 0.15) is 0 Å². The molecule has 0 aliphatic carbocycles. The van der Waals surface area contributed by atoms with Crippen molar-refractivity contribution in [1.29, 1.82) is 0 Å². The summed E-state index contributed by atoms with van der Waals surface area (Å²) in [6.45, 7) is 3.22. The Labute approximate surface area is 122 Å². The molecule has 0 radical (unpaired) electrons. The lowest BCUT2D eigenvalue weighted by Gasteiger charge is -2.20. The third kappa shape index (κ3) is 6.36. The van der Waals surface area contributed by atoms with Crippen molar-refractivity contribution in [2.24, 2.45) is 5.92 Å². The molecule has 1 aliphatic rings. The molecule has 7 heteroatoms. The summed E-state index contributed by atoms with van der Waals surface area (Å²) in [5.74, 6) is 0.0901. The Morgan fingerprint density at radius 2 is 2.20 bits per heavy atom. The standard InChI is InChI=1S/C13H24N2O4S/c1-10(6-8-20(2)19)14-13(18)15-7-5-11(9-15)3-4-12(16)17/h10-11H,3-9H2,1-2H3,(H,14,18)(H,16,17). The average Bonchev–Trinajstić information content (AvgIpc) is 2.82. The van der Waals surface area contributed by atoms with Gasteiger partial charge in [-0.1, -0.05) is 0 Å². The van der Waals surface area contributed by atoms with Crippen molar-refractivity contribution >= 4 is 22.8 Å². The fourth-order valence-electron chi connectivity index (χ4n) is 2.30. The first-order valence-corrected chi connectivity index (χ1v) is 8.68. The van der Waals surface area contributed by atoms with Crippen LogP contribution in [0.5, 0.6) is 0 Å². The molecule has 1 fully saturated rings. The Hall–Kier alpha value is -1.11. The van der Waals surface area contributed by atoms with Gasteiger partial charge in [-0.2, -0.15) is 0 Å². The number of nitrogens with one attached hydrogen (secondary N) is 1. The topological polar surface area (TPSA) is 86.7 Å². The third-order valence-corrected chi connectivity index (χ3v) is 4.36. The van der Waals surface area contributed by atoms with E-state index in [2.05, 4.69) is 5.32 Å². The molecule has 0 bridgehead atoms. The summed E-state index contributed by atoms with van der Waals surface area (Å²) in [4.78, 5) is 24.3. The number of carbonyl (C=O) groups is 2. The van der Waals surface area contributed by atoms with E-state index in [-0.39, 0.29) is 24.4 Å². The van der Waals surface area contributed by atoms with Crippen LogP contribution in [-0.2, 0) is 15.6 Å². The van der Waals surface area contributed by atoms with Gasteiger partial charge in [-0.05, 0) is 32.1 Å². The van der Waals surface area contributed by atoms with Crippen molar-refractivity contribution in [1.82, 2.24) is 10.2 Å². The molecule has 0 aromatic carbocycles. The molecule has 0 saturated carbocycles. The summed E-state index contributed by atoms with van der Waals surface area (Å²) >= 11 is 0. The summed E-state index contributed by atoms with van der Waals surface area (Å²) in [6.07, 6.45) is 4.02. The Morgan fingerprint density at radius 1 is 1.50 bits per heavy atom. The summed E-state index contributed by atoms with van der Waals surface area (Å²) in [6, 6.07) is -0.0957. The van der Waals surface area contributed by atoms with Gasteiger partial charge in [0.2, 0.25) is 0 Å². The van der Waals surface area contributed by atoms with Crippen LogP contribution in [0.3, 0.4) is 0 Å². The summed E-state index contributed by atoms with van der Waals surface area (Å²) in [5.41, 5.74) is 0. The maximum atomic E-state index is 12.0. The van der Waals surface area contributed by atoms with Gasteiger partial charge in [-0.25, -0.2) is 4.79 Å². The minimum absolute atomic E-state index is 0.00414. The SMILES string of the molecule is CC(CCS(C)=O)NC(=O)N1CCC(CCC(=O)O)C1. The Balaban J connectivity index is 2.27. The van der Waals surface area contributed by atoms with Crippen LogP contribution in [0.25, 0.3) is 0 Å². The van der Waals surface area contributed by atoms with Crippen molar-refractivity contribution in [2.45, 2.75) is 38.6 Å². The van der Waals surface area contributed by atoms with E-state index in [0.29, 0.717) is 31.7 Å². The molecule has 2 amide bonds. The van der Waals surface area contributed by atoms with Gasteiger partial charge in [0, 0.05) is 48.4 Å². The van der Waals surface area contributed by atoms with Crippen LogP contribution in [0.4, 0.5) is 4.79 Å². The van der Waals surface area contributed by atoms with Gasteiger partial charge < -0.3 is 15.3 Å². The van der Waals surface area contributed by atoms with E-state index in [1.54, 1.807) is 11.2 Å². The van der Waals surface area contributed by atoms with E-state index in [4.69, 9.17) is 5.11 Å². The normalized spacial score (nSPS) is 21.5. The lowest BCUT2D eigenvalue weighted by atomic mass is 10.0. The van der Waals surface area contributed by atoms with Gasteiger partial charge in [0.05, 0.1) is 0 Å². The molecule has 6 nitrogen and oxygen atoms in total. The summed E-state index contributed by atoms with van der Waals surface area (Å²) in [7, 11) is -0.836. The number of carboxylic acids is 1. The highest BCUT2D eigenvalue weighted by Crippen LogP contribution is 2.21. The Kier molecular flexibility index (Phi) is 6.98. The van der Waals surface area contributed by atoms with Gasteiger partial charge in [-0.3, -0.25) is 9.00 Å². The molecule has 1 heterocycles. The second kappa shape index (κ2) is 8.24. The van der Waals surface area contributed by atoms with Crippen LogP contribution in [-0.4, -0.2) is 57.4 Å². The predicted molar refractivity (Wildman–Crippen MR) is 78.1 cm³/mol. The minimum Gasteiger partial charge on any atom is -0.481 e. The van der Waals surface area contributed by atoms with Gasteiger partial charge in [-0.15, -0.1) is 0 Å². The van der Waals surface area contributed by atoms with Crippen LogP contribution in [0.2, 0.25) is 0 Å². The molecule has 2 N–H and O–H groups in total. The molecule has 3 atom stereocenters. The second-order valence-electron chi connectivity index (χ2n) is 5.45. The number of aliphatic carboxylic acids is 1. The smallest absolute Gasteiger partial charge is 0.317 e. The fraction of sp³-hybridized carbons (Fsp3) is 0.846. The number of carboxylic acid groups (broad SMARTS) is 1. The van der Waals surface area contributed by atoms with E-state index in [1.165, 1.54) is 0 Å². The van der Waals surface area contributed by atoms with Crippen LogP contribution in [0.1, 0.15) is 32.6 Å². The molecule has 0 aromatic heterocycles. The van der Waals surface area contributed by atoms with Crippen molar-refractivity contribution < 1.29 is 18.9 Å². The Morgan fingerprint density at radius 3 is 2.80 bits per heavy atom. The first-order valence-electron chi connectivity index (χ1n) is 6.95. The molecule has 1 saturated heterocycles. The highest BCUT2D eigenvalue weighted by atomic mass is 32.2. The number of hydrogen-bond acceptors (Lipinski definition) is 3. The molecule has 0 spiro atoms. The predicted octanol–water partition coefficient (Wildman–Crippen LogP) is 1.04. The van der Waals surface area contributed by atoms with Gasteiger partial charge in [0.25, 0.3) is 0 Å². The fourth-order valence-corrected chi connectivity index (χ4v) is 2.98. The lowest BCUT2D eigenvalue weighted by Crippen LogP contribution is -2.43. The average molecular weight is 304 g/mol. The number of likely N-dealkylation sites (tertiary alicyclic amines) is 1. The highest BCUT2D eigenvalue weighted by molar-refractivity contribution is 7.84. The van der Waals surface area contributed by atoms with E-state index in [1.807, 2.05) is 6.92 Å². The summed E-state index contributed by atoms with van der Waals surface area (Å²) < 4.78 is 11.0. The Bertz CT molecular complexity index is 375. The minimum atomic E-state index is -0.836. The molecule has 20 heavy (non-hydrogen) atoms. The van der Waals surface area contributed by atoms with Crippen molar-refractivity contribution in [2.75, 3.05) is 25.1 Å². The van der Waals surface area contributed by atoms with E-state index in [9.17, 15) is 13.8 Å². The molecule has 116 valence electrons. The summed E-state index contributed by atoms with van der Waals surface area (Å²) in [5, 5.41) is 11.6. The van der Waals surface area contributed by atoms with Crippen molar-refractivity contribution in [3.63, 3.8) is 0 Å². The van der Waals surface area contributed by atoms with Crippen LogP contribution < -0.4 is 5.32 Å². The molecular weight excluding hydrogens is 280 g/mol. The number of amides is 2. The number of urea groups is 1. The number of rotatable bonds is 7. The zero-order valence-corrected chi connectivity index (χ0v) is 12.9. The molecule has 1 rings (SSSR count). The maximum absolute atomic E-state index is 12.0. The van der Waals surface area contributed by atoms with E-state index in [0.717, 1.165) is 6.42 Å². The first kappa shape index (κ1) is 16.9. The van der Waals surface area contributed by atoms with E-state index < -0.39 is 16.8 Å². The van der Waals surface area contributed by atoms with Crippen molar-refractivity contribution in [3.05, 3.63) is 0 Å². The molecule has 0 aromatic rings. The maximum Gasteiger partial charge on any atom is 0.317 e. The van der Waals surface area contributed by atoms with Gasteiger partial charge >= 0.3 is 12.0 Å². The second-order valence-corrected chi connectivity index (χ2v) is 7.00. The quantitative estimate of drug-likeness (QED) is 0.736. The van der Waals surface area contributed by atoms with E-state index >= 15 is 0 Å². The number of nitrogens with zero attached hydrogens (tertiary/aromatic N) is 1. The van der Waals surface area contributed by atoms with Crippen LogP contribution in [0, 0.1) is 5.92 Å². The van der Waals surface area contributed by atoms with Crippen LogP contribution >= 0.6 is 0 Å². The highest BCUT2D eigenvalue weighted by Gasteiger charge is 2.26. The third-order valence-electron chi connectivity index (χ3n) is 3.55.